The second kappa shape index (κ2) is 5.99. The van der Waals surface area contributed by atoms with E-state index in [0.29, 0.717) is 30.2 Å². The van der Waals surface area contributed by atoms with E-state index in [4.69, 9.17) is 9.47 Å². The molecule has 6 heteroatoms. The van der Waals surface area contributed by atoms with Crippen LogP contribution in [-0.2, 0) is 13.1 Å². The molecule has 21 heavy (non-hydrogen) atoms. The number of hydrogen-bond acceptors (Lipinski definition) is 3. The van der Waals surface area contributed by atoms with Crippen molar-refractivity contribution >= 4 is 15.9 Å². The van der Waals surface area contributed by atoms with E-state index in [1.165, 1.54) is 6.07 Å². The van der Waals surface area contributed by atoms with E-state index in [1.54, 1.807) is 6.07 Å². The Balaban J connectivity index is 1.64. The van der Waals surface area contributed by atoms with Gasteiger partial charge in [-0.05, 0) is 35.4 Å². The van der Waals surface area contributed by atoms with Gasteiger partial charge in [0.15, 0.2) is 23.1 Å². The highest BCUT2D eigenvalue weighted by Gasteiger charge is 2.16. The molecule has 2 aromatic carbocycles. The van der Waals surface area contributed by atoms with Gasteiger partial charge in [-0.1, -0.05) is 22.0 Å². The van der Waals surface area contributed by atoms with Crippen LogP contribution in [0.2, 0.25) is 0 Å². The molecule has 1 aliphatic rings. The molecule has 1 aliphatic heterocycles. The highest BCUT2D eigenvalue weighted by Crippen LogP contribution is 2.36. The number of ether oxygens (including phenoxy) is 2. The van der Waals surface area contributed by atoms with Gasteiger partial charge in [-0.25, -0.2) is 8.78 Å². The first-order valence-electron chi connectivity index (χ1n) is 6.36. The lowest BCUT2D eigenvalue weighted by Crippen LogP contribution is -2.13. The first-order chi connectivity index (χ1) is 10.1. The molecule has 1 heterocycles. The number of halogens is 3. The van der Waals surface area contributed by atoms with E-state index in [-0.39, 0.29) is 6.79 Å². The van der Waals surface area contributed by atoms with Crippen LogP contribution in [0.1, 0.15) is 11.1 Å². The lowest BCUT2D eigenvalue weighted by atomic mass is 10.2. The number of fused-ring (bicyclic) bond motifs is 1. The van der Waals surface area contributed by atoms with Crippen LogP contribution in [0.15, 0.2) is 34.8 Å². The summed E-state index contributed by atoms with van der Waals surface area (Å²) in [7, 11) is 0. The van der Waals surface area contributed by atoms with Crippen molar-refractivity contribution < 1.29 is 18.3 Å². The van der Waals surface area contributed by atoms with Crippen molar-refractivity contribution in [3.8, 4) is 11.5 Å². The smallest absolute Gasteiger partial charge is 0.231 e. The predicted octanol–water partition coefficient (Wildman–Crippen LogP) is 3.75. The van der Waals surface area contributed by atoms with Crippen LogP contribution < -0.4 is 14.8 Å². The maximum atomic E-state index is 13.1. The summed E-state index contributed by atoms with van der Waals surface area (Å²) in [6.07, 6.45) is 0. The summed E-state index contributed by atoms with van der Waals surface area (Å²) < 4.78 is 37.5. The summed E-state index contributed by atoms with van der Waals surface area (Å²) >= 11 is 3.47. The van der Waals surface area contributed by atoms with Gasteiger partial charge in [0.1, 0.15) is 0 Å². The predicted molar refractivity (Wildman–Crippen MR) is 77.2 cm³/mol. The minimum atomic E-state index is -0.836. The largest absolute Gasteiger partial charge is 0.454 e. The van der Waals surface area contributed by atoms with Crippen molar-refractivity contribution in [3.05, 3.63) is 57.6 Å². The zero-order valence-electron chi connectivity index (χ0n) is 11.0. The van der Waals surface area contributed by atoms with E-state index in [0.717, 1.165) is 16.1 Å². The van der Waals surface area contributed by atoms with E-state index in [2.05, 4.69) is 21.2 Å². The molecule has 0 spiro atoms. The third-order valence-corrected chi connectivity index (χ3v) is 3.91. The zero-order chi connectivity index (χ0) is 14.8. The third kappa shape index (κ3) is 3.16. The standard InChI is InChI=1S/C15H12BrF2NO2/c16-11-5-15-14(20-8-21-15)4-10(11)7-19-6-9-1-2-12(17)13(18)3-9/h1-5,19H,6-8H2. The Hall–Kier alpha value is -1.66. The molecule has 2 aromatic rings. The minimum Gasteiger partial charge on any atom is -0.454 e. The van der Waals surface area contributed by atoms with Gasteiger partial charge in [0.05, 0.1) is 0 Å². The summed E-state index contributed by atoms with van der Waals surface area (Å²) in [6, 6.07) is 7.63. The lowest BCUT2D eigenvalue weighted by molar-refractivity contribution is 0.174. The number of rotatable bonds is 4. The highest BCUT2D eigenvalue weighted by molar-refractivity contribution is 9.10. The van der Waals surface area contributed by atoms with E-state index in [1.807, 2.05) is 12.1 Å². The average Bonchev–Trinajstić information content (AvgIpc) is 2.90. The van der Waals surface area contributed by atoms with Crippen LogP contribution >= 0.6 is 15.9 Å². The van der Waals surface area contributed by atoms with Gasteiger partial charge >= 0.3 is 0 Å². The molecule has 0 aliphatic carbocycles. The molecule has 0 aromatic heterocycles. The summed E-state index contributed by atoms with van der Waals surface area (Å²) in [4.78, 5) is 0. The molecular weight excluding hydrogens is 344 g/mol. The average molecular weight is 356 g/mol. The Morgan fingerprint density at radius 1 is 1.00 bits per heavy atom. The Morgan fingerprint density at radius 3 is 2.52 bits per heavy atom. The highest BCUT2D eigenvalue weighted by atomic mass is 79.9. The van der Waals surface area contributed by atoms with Gasteiger partial charge in [0, 0.05) is 17.6 Å². The van der Waals surface area contributed by atoms with E-state index < -0.39 is 11.6 Å². The van der Waals surface area contributed by atoms with Crippen LogP contribution in [0.4, 0.5) is 8.78 Å². The van der Waals surface area contributed by atoms with Crippen LogP contribution in [0.5, 0.6) is 11.5 Å². The topological polar surface area (TPSA) is 30.5 Å². The lowest BCUT2D eigenvalue weighted by Gasteiger charge is -2.08. The summed E-state index contributed by atoms with van der Waals surface area (Å²) in [5.74, 6) is -0.245. The van der Waals surface area contributed by atoms with Gasteiger partial charge in [0.2, 0.25) is 6.79 Å². The Kier molecular flexibility index (Phi) is 4.07. The molecule has 0 radical (unpaired) electrons. The van der Waals surface area contributed by atoms with E-state index >= 15 is 0 Å². The number of benzene rings is 2. The summed E-state index contributed by atoms with van der Waals surface area (Å²) in [6.45, 7) is 1.24. The van der Waals surface area contributed by atoms with Crippen LogP contribution in [0, 0.1) is 11.6 Å². The van der Waals surface area contributed by atoms with Crippen molar-refractivity contribution in [1.82, 2.24) is 5.32 Å². The molecule has 3 rings (SSSR count). The molecule has 0 fully saturated rings. The molecular formula is C15H12BrF2NO2. The molecule has 110 valence electrons. The molecule has 0 bridgehead atoms. The molecule has 3 nitrogen and oxygen atoms in total. The fourth-order valence-corrected chi connectivity index (χ4v) is 2.55. The van der Waals surface area contributed by atoms with Gasteiger partial charge in [-0.15, -0.1) is 0 Å². The third-order valence-electron chi connectivity index (χ3n) is 3.17. The van der Waals surface area contributed by atoms with Gasteiger partial charge in [-0.2, -0.15) is 0 Å². The molecule has 0 atom stereocenters. The molecule has 0 saturated heterocycles. The Labute approximate surface area is 129 Å². The molecule has 1 N–H and O–H groups in total. The van der Waals surface area contributed by atoms with Gasteiger partial charge in [0.25, 0.3) is 0 Å². The van der Waals surface area contributed by atoms with Gasteiger partial charge < -0.3 is 14.8 Å². The SMILES string of the molecule is Fc1ccc(CNCc2cc3c(cc2Br)OCO3)cc1F. The van der Waals surface area contributed by atoms with Crippen molar-refractivity contribution in [2.75, 3.05) is 6.79 Å². The Bertz CT molecular complexity index is 679. The van der Waals surface area contributed by atoms with Crippen LogP contribution in [0.3, 0.4) is 0 Å². The summed E-state index contributed by atoms with van der Waals surface area (Å²) in [5, 5.41) is 3.18. The zero-order valence-corrected chi connectivity index (χ0v) is 12.5. The number of nitrogens with one attached hydrogen (secondary N) is 1. The monoisotopic (exact) mass is 355 g/mol. The van der Waals surface area contributed by atoms with Crippen molar-refractivity contribution in [3.63, 3.8) is 0 Å². The normalized spacial score (nSPS) is 12.7. The van der Waals surface area contributed by atoms with Crippen molar-refractivity contribution in [2.24, 2.45) is 0 Å². The second-order valence-corrected chi connectivity index (χ2v) is 5.50. The second-order valence-electron chi connectivity index (χ2n) is 4.65. The maximum Gasteiger partial charge on any atom is 0.231 e. The van der Waals surface area contributed by atoms with Crippen LogP contribution in [-0.4, -0.2) is 6.79 Å². The molecule has 0 saturated carbocycles. The van der Waals surface area contributed by atoms with E-state index in [9.17, 15) is 8.78 Å². The number of hydrogen-bond donors (Lipinski definition) is 1. The maximum absolute atomic E-state index is 13.1. The van der Waals surface area contributed by atoms with Crippen molar-refractivity contribution in [1.29, 1.82) is 0 Å². The quantitative estimate of drug-likeness (QED) is 0.905. The van der Waals surface area contributed by atoms with Gasteiger partial charge in [-0.3, -0.25) is 0 Å². The Morgan fingerprint density at radius 2 is 1.76 bits per heavy atom. The van der Waals surface area contributed by atoms with Crippen LogP contribution in [0.25, 0.3) is 0 Å². The fourth-order valence-electron chi connectivity index (χ4n) is 2.09. The minimum absolute atomic E-state index is 0.230. The molecule has 0 amide bonds. The van der Waals surface area contributed by atoms with Crippen molar-refractivity contribution in [2.45, 2.75) is 13.1 Å². The summed E-state index contributed by atoms with van der Waals surface area (Å²) in [5.41, 5.74) is 1.69. The molecule has 0 unspecified atom stereocenters. The fraction of sp³-hybridized carbons (Fsp3) is 0.200. The first-order valence-corrected chi connectivity index (χ1v) is 7.15. The first kappa shape index (κ1) is 14.3.